The lowest BCUT2D eigenvalue weighted by Gasteiger charge is -2.25. The second-order valence-electron chi connectivity index (χ2n) is 5.61. The molecule has 2 rings (SSSR count). The van der Waals surface area contributed by atoms with E-state index in [0.717, 1.165) is 10.0 Å². The van der Waals surface area contributed by atoms with Gasteiger partial charge in [-0.25, -0.2) is 4.79 Å². The first-order valence-corrected chi connectivity index (χ1v) is 9.04. The lowest BCUT2D eigenvalue weighted by atomic mass is 10.0. The standard InChI is InChI=1S/C16H18BrNO4S/c1-10(19)23-9-12-7-15(20)18(8-12)14(16(21)22)6-11-3-2-4-13(17)5-11/h2-5,12,14H,6-9H2,1H3,(H,21,22)/t12?,14-/m0/s1. The van der Waals surface area contributed by atoms with Crippen LogP contribution in [0, 0.1) is 5.92 Å². The summed E-state index contributed by atoms with van der Waals surface area (Å²) in [5.74, 6) is -0.568. The number of halogens is 1. The maximum absolute atomic E-state index is 12.2. The van der Waals surface area contributed by atoms with Crippen LogP contribution >= 0.6 is 27.7 Å². The Kier molecular flexibility index (Phi) is 6.24. The van der Waals surface area contributed by atoms with Crippen molar-refractivity contribution in [2.24, 2.45) is 5.92 Å². The summed E-state index contributed by atoms with van der Waals surface area (Å²) in [5.41, 5.74) is 0.862. The van der Waals surface area contributed by atoms with Crippen LogP contribution in [0.3, 0.4) is 0 Å². The van der Waals surface area contributed by atoms with Gasteiger partial charge in [0, 0.05) is 36.5 Å². The molecule has 2 atom stereocenters. The minimum Gasteiger partial charge on any atom is -0.480 e. The van der Waals surface area contributed by atoms with Crippen LogP contribution in [-0.4, -0.2) is 45.3 Å². The highest BCUT2D eigenvalue weighted by Crippen LogP contribution is 2.26. The van der Waals surface area contributed by atoms with Crippen molar-refractivity contribution in [2.45, 2.75) is 25.8 Å². The Morgan fingerprint density at radius 1 is 1.48 bits per heavy atom. The Morgan fingerprint density at radius 2 is 2.22 bits per heavy atom. The Labute approximate surface area is 147 Å². The largest absolute Gasteiger partial charge is 0.480 e. The van der Waals surface area contributed by atoms with Gasteiger partial charge in [-0.2, -0.15) is 0 Å². The third kappa shape index (κ3) is 5.07. The summed E-state index contributed by atoms with van der Waals surface area (Å²) < 4.78 is 0.877. The molecule has 0 aromatic heterocycles. The topological polar surface area (TPSA) is 74.7 Å². The van der Waals surface area contributed by atoms with Gasteiger partial charge < -0.3 is 10.0 Å². The van der Waals surface area contributed by atoms with E-state index in [0.29, 0.717) is 18.7 Å². The maximum atomic E-state index is 12.2. The minimum atomic E-state index is -1.00. The van der Waals surface area contributed by atoms with Crippen molar-refractivity contribution in [1.82, 2.24) is 4.90 Å². The molecule has 1 aromatic rings. The molecule has 7 heteroatoms. The molecule has 0 spiro atoms. The van der Waals surface area contributed by atoms with Crippen molar-refractivity contribution in [3.63, 3.8) is 0 Å². The van der Waals surface area contributed by atoms with E-state index in [1.54, 1.807) is 0 Å². The van der Waals surface area contributed by atoms with E-state index in [2.05, 4.69) is 15.9 Å². The van der Waals surface area contributed by atoms with Crippen LogP contribution in [-0.2, 0) is 20.8 Å². The number of aliphatic carboxylic acids is 1. The van der Waals surface area contributed by atoms with Gasteiger partial charge >= 0.3 is 5.97 Å². The average molecular weight is 400 g/mol. The summed E-state index contributed by atoms with van der Waals surface area (Å²) in [6.07, 6.45) is 0.579. The normalized spacial score (nSPS) is 19.0. The second-order valence-corrected chi connectivity index (χ2v) is 7.72. The van der Waals surface area contributed by atoms with E-state index >= 15 is 0 Å². The van der Waals surface area contributed by atoms with Gasteiger partial charge in [-0.1, -0.05) is 39.8 Å². The fraction of sp³-hybridized carbons (Fsp3) is 0.438. The predicted molar refractivity (Wildman–Crippen MR) is 92.2 cm³/mol. The average Bonchev–Trinajstić information content (AvgIpc) is 2.83. The predicted octanol–water partition coefficient (Wildman–Crippen LogP) is 2.57. The number of carbonyl (C=O) groups excluding carboxylic acids is 2. The fourth-order valence-corrected chi connectivity index (χ4v) is 3.81. The van der Waals surface area contributed by atoms with Crippen LogP contribution in [0.25, 0.3) is 0 Å². The number of thioether (sulfide) groups is 1. The number of carbonyl (C=O) groups is 3. The summed E-state index contributed by atoms with van der Waals surface area (Å²) in [6, 6.07) is 6.56. The quantitative estimate of drug-likeness (QED) is 0.795. The molecule has 5 nitrogen and oxygen atoms in total. The fourth-order valence-electron chi connectivity index (χ4n) is 2.67. The van der Waals surface area contributed by atoms with E-state index in [9.17, 15) is 19.5 Å². The zero-order chi connectivity index (χ0) is 17.0. The molecule has 1 fully saturated rings. The molecular formula is C16H18BrNO4S. The molecular weight excluding hydrogens is 382 g/mol. The SMILES string of the molecule is CC(=O)SCC1CC(=O)N([C@@H](Cc2cccc(Br)c2)C(=O)O)C1. The summed E-state index contributed by atoms with van der Waals surface area (Å²) in [6.45, 7) is 1.89. The van der Waals surface area contributed by atoms with Gasteiger partial charge in [-0.15, -0.1) is 0 Å². The molecule has 0 radical (unpaired) electrons. The van der Waals surface area contributed by atoms with Crippen LogP contribution in [0.2, 0.25) is 0 Å². The zero-order valence-electron chi connectivity index (χ0n) is 12.7. The molecule has 1 N–H and O–H groups in total. The van der Waals surface area contributed by atoms with E-state index < -0.39 is 12.0 Å². The molecule has 124 valence electrons. The Balaban J connectivity index is 2.07. The van der Waals surface area contributed by atoms with Crippen LogP contribution in [0.5, 0.6) is 0 Å². The Morgan fingerprint density at radius 3 is 2.83 bits per heavy atom. The summed E-state index contributed by atoms with van der Waals surface area (Å²) in [4.78, 5) is 36.3. The molecule has 0 bridgehead atoms. The smallest absolute Gasteiger partial charge is 0.326 e. The number of hydrogen-bond acceptors (Lipinski definition) is 4. The first-order valence-electron chi connectivity index (χ1n) is 7.27. The molecule has 0 saturated carbocycles. The molecule has 1 unspecified atom stereocenters. The van der Waals surface area contributed by atoms with Crippen molar-refractivity contribution in [1.29, 1.82) is 0 Å². The third-order valence-corrected chi connectivity index (χ3v) is 5.28. The Hall–Kier alpha value is -1.34. The number of benzene rings is 1. The van der Waals surface area contributed by atoms with Crippen LogP contribution in [0.4, 0.5) is 0 Å². The highest BCUT2D eigenvalue weighted by Gasteiger charge is 2.37. The van der Waals surface area contributed by atoms with Gasteiger partial charge in [0.2, 0.25) is 5.91 Å². The van der Waals surface area contributed by atoms with Crippen molar-refractivity contribution in [3.05, 3.63) is 34.3 Å². The van der Waals surface area contributed by atoms with Gasteiger partial charge in [0.25, 0.3) is 0 Å². The molecule has 0 aliphatic carbocycles. The van der Waals surface area contributed by atoms with Crippen molar-refractivity contribution in [3.8, 4) is 0 Å². The molecule has 23 heavy (non-hydrogen) atoms. The van der Waals surface area contributed by atoms with Crippen LogP contribution in [0.15, 0.2) is 28.7 Å². The Bertz CT molecular complexity index is 622. The van der Waals surface area contributed by atoms with Gasteiger partial charge in [-0.3, -0.25) is 9.59 Å². The zero-order valence-corrected chi connectivity index (χ0v) is 15.1. The maximum Gasteiger partial charge on any atom is 0.326 e. The highest BCUT2D eigenvalue weighted by atomic mass is 79.9. The van der Waals surface area contributed by atoms with Crippen LogP contribution in [0.1, 0.15) is 18.9 Å². The van der Waals surface area contributed by atoms with Gasteiger partial charge in [0.1, 0.15) is 6.04 Å². The lowest BCUT2D eigenvalue weighted by Crippen LogP contribution is -2.43. The van der Waals surface area contributed by atoms with Gasteiger partial charge in [0.05, 0.1) is 0 Å². The summed E-state index contributed by atoms with van der Waals surface area (Å²) >= 11 is 4.55. The van der Waals surface area contributed by atoms with E-state index in [1.807, 2.05) is 24.3 Å². The summed E-state index contributed by atoms with van der Waals surface area (Å²) in [5, 5.41) is 9.54. The van der Waals surface area contributed by atoms with Crippen molar-refractivity contribution in [2.75, 3.05) is 12.3 Å². The number of rotatable bonds is 6. The molecule has 1 saturated heterocycles. The molecule has 1 aromatic carbocycles. The molecule has 1 aliphatic rings. The first-order chi connectivity index (χ1) is 10.9. The van der Waals surface area contributed by atoms with E-state index in [4.69, 9.17) is 0 Å². The number of hydrogen-bond donors (Lipinski definition) is 1. The number of carboxylic acids is 1. The van der Waals surface area contributed by atoms with Gasteiger partial charge in [0.15, 0.2) is 5.12 Å². The number of carboxylic acid groups (broad SMARTS) is 1. The van der Waals surface area contributed by atoms with E-state index in [-0.39, 0.29) is 23.4 Å². The second kappa shape index (κ2) is 7.97. The first kappa shape index (κ1) is 18.0. The van der Waals surface area contributed by atoms with Crippen LogP contribution < -0.4 is 0 Å². The van der Waals surface area contributed by atoms with Gasteiger partial charge in [-0.05, 0) is 23.6 Å². The molecule has 1 amide bonds. The summed E-state index contributed by atoms with van der Waals surface area (Å²) in [7, 11) is 0. The van der Waals surface area contributed by atoms with Crippen molar-refractivity contribution < 1.29 is 19.5 Å². The number of nitrogens with zero attached hydrogens (tertiary/aromatic N) is 1. The lowest BCUT2D eigenvalue weighted by molar-refractivity contribution is -0.148. The molecule has 1 aliphatic heterocycles. The van der Waals surface area contributed by atoms with E-state index in [1.165, 1.54) is 23.6 Å². The minimum absolute atomic E-state index is 0.0137. The number of likely N-dealkylation sites (tertiary alicyclic amines) is 1. The number of amides is 1. The molecule has 1 heterocycles. The monoisotopic (exact) mass is 399 g/mol. The van der Waals surface area contributed by atoms with Crippen molar-refractivity contribution >= 4 is 44.7 Å². The third-order valence-electron chi connectivity index (χ3n) is 3.74. The highest BCUT2D eigenvalue weighted by molar-refractivity contribution is 9.10.